The Labute approximate surface area is 160 Å². The first kappa shape index (κ1) is 18.2. The van der Waals surface area contributed by atoms with E-state index < -0.39 is 0 Å². The van der Waals surface area contributed by atoms with Crippen LogP contribution in [-0.4, -0.2) is 69.4 Å². The minimum absolute atomic E-state index is 0.329. The lowest BCUT2D eigenvalue weighted by Gasteiger charge is -2.41. The molecule has 1 N–H and O–H groups in total. The Morgan fingerprint density at radius 2 is 1.63 bits per heavy atom. The molecule has 7 nitrogen and oxygen atoms in total. The van der Waals surface area contributed by atoms with Crippen molar-refractivity contribution in [3.05, 3.63) is 12.1 Å². The molecule has 3 aliphatic rings. The highest BCUT2D eigenvalue weighted by Crippen LogP contribution is 2.45. The largest absolute Gasteiger partial charge is 0.493 e. The zero-order valence-electron chi connectivity index (χ0n) is 16.4. The van der Waals surface area contributed by atoms with Gasteiger partial charge in [-0.3, -0.25) is 4.90 Å². The molecule has 0 amide bonds. The summed E-state index contributed by atoms with van der Waals surface area (Å²) in [5, 5.41) is 13.2. The van der Waals surface area contributed by atoms with Gasteiger partial charge in [-0.1, -0.05) is 5.16 Å². The summed E-state index contributed by atoms with van der Waals surface area (Å²) in [6, 6.07) is 4.35. The normalized spacial score (nSPS) is 29.4. The fourth-order valence-electron chi connectivity index (χ4n) is 5.19. The number of rotatable bonds is 5. The number of ether oxygens (including phenoxy) is 3. The maximum absolute atomic E-state index is 9.50. The van der Waals surface area contributed by atoms with Crippen LogP contribution in [0, 0.1) is 11.8 Å². The van der Waals surface area contributed by atoms with Crippen molar-refractivity contribution in [1.82, 2.24) is 4.90 Å². The molecule has 4 rings (SSSR count). The quantitative estimate of drug-likeness (QED) is 0.630. The highest BCUT2D eigenvalue weighted by molar-refractivity contribution is 5.94. The molecule has 3 atom stereocenters. The van der Waals surface area contributed by atoms with Gasteiger partial charge in [0.15, 0.2) is 11.5 Å². The summed E-state index contributed by atoms with van der Waals surface area (Å²) in [5.74, 6) is 3.13. The van der Waals surface area contributed by atoms with Crippen molar-refractivity contribution in [3.8, 4) is 17.2 Å². The van der Waals surface area contributed by atoms with E-state index in [2.05, 4.69) is 15.0 Å². The minimum Gasteiger partial charge on any atom is -0.493 e. The van der Waals surface area contributed by atoms with Crippen LogP contribution in [0.15, 0.2) is 17.3 Å². The molecule has 1 aromatic rings. The van der Waals surface area contributed by atoms with Gasteiger partial charge >= 0.3 is 0 Å². The number of piperazine rings is 1. The van der Waals surface area contributed by atoms with Gasteiger partial charge in [-0.25, -0.2) is 0 Å². The van der Waals surface area contributed by atoms with Crippen LogP contribution in [0.25, 0.3) is 0 Å². The molecule has 3 unspecified atom stereocenters. The Balaban J connectivity index is 1.48. The summed E-state index contributed by atoms with van der Waals surface area (Å²) in [7, 11) is 4.90. The molecule has 0 aromatic heterocycles. The van der Waals surface area contributed by atoms with Crippen LogP contribution in [0.4, 0.5) is 5.69 Å². The van der Waals surface area contributed by atoms with Gasteiger partial charge in [0.25, 0.3) is 0 Å². The second-order valence-electron chi connectivity index (χ2n) is 7.65. The molecule has 3 fully saturated rings. The van der Waals surface area contributed by atoms with Crippen LogP contribution in [0.2, 0.25) is 0 Å². The average molecular weight is 375 g/mol. The molecule has 1 aromatic carbocycles. The third kappa shape index (κ3) is 3.08. The van der Waals surface area contributed by atoms with Crippen LogP contribution >= 0.6 is 0 Å². The van der Waals surface area contributed by atoms with Gasteiger partial charge in [0.2, 0.25) is 5.75 Å². The molecule has 2 saturated carbocycles. The molecular weight excluding hydrogens is 346 g/mol. The van der Waals surface area contributed by atoms with Gasteiger partial charge < -0.3 is 24.3 Å². The number of benzene rings is 1. The molecule has 2 aliphatic carbocycles. The molecule has 0 radical (unpaired) electrons. The second kappa shape index (κ2) is 7.46. The molecule has 0 spiro atoms. The number of hydrogen-bond donors (Lipinski definition) is 1. The molecule has 27 heavy (non-hydrogen) atoms. The van der Waals surface area contributed by atoms with E-state index in [9.17, 15) is 5.21 Å². The predicted octanol–water partition coefficient (Wildman–Crippen LogP) is 2.46. The van der Waals surface area contributed by atoms with Crippen LogP contribution in [0.3, 0.4) is 0 Å². The average Bonchev–Trinajstić information content (AvgIpc) is 3.34. The first-order valence-electron chi connectivity index (χ1n) is 9.71. The topological polar surface area (TPSA) is 66.8 Å². The third-order valence-electron chi connectivity index (χ3n) is 6.48. The number of anilines is 1. The van der Waals surface area contributed by atoms with Crippen molar-refractivity contribution in [2.24, 2.45) is 17.0 Å². The van der Waals surface area contributed by atoms with Crippen molar-refractivity contribution in [3.63, 3.8) is 0 Å². The summed E-state index contributed by atoms with van der Waals surface area (Å²) < 4.78 is 16.4. The van der Waals surface area contributed by atoms with Crippen LogP contribution in [0.5, 0.6) is 17.2 Å². The van der Waals surface area contributed by atoms with Crippen molar-refractivity contribution >= 4 is 11.4 Å². The van der Waals surface area contributed by atoms with Crippen molar-refractivity contribution < 1.29 is 19.4 Å². The Morgan fingerprint density at radius 1 is 0.963 bits per heavy atom. The number of nitrogens with zero attached hydrogens (tertiary/aromatic N) is 3. The lowest BCUT2D eigenvalue weighted by atomic mass is 9.91. The first-order valence-corrected chi connectivity index (χ1v) is 9.71. The molecule has 1 saturated heterocycles. The lowest BCUT2D eigenvalue weighted by molar-refractivity contribution is 0.181. The van der Waals surface area contributed by atoms with E-state index in [4.69, 9.17) is 14.2 Å². The zero-order chi connectivity index (χ0) is 19.0. The Hall–Kier alpha value is -2.15. The fourth-order valence-corrected chi connectivity index (χ4v) is 5.19. The van der Waals surface area contributed by atoms with Crippen molar-refractivity contribution in [2.45, 2.75) is 25.3 Å². The van der Waals surface area contributed by atoms with E-state index in [0.29, 0.717) is 35.1 Å². The highest BCUT2D eigenvalue weighted by atomic mass is 16.5. The monoisotopic (exact) mass is 375 g/mol. The van der Waals surface area contributed by atoms with Gasteiger partial charge in [0.1, 0.15) is 0 Å². The predicted molar refractivity (Wildman–Crippen MR) is 104 cm³/mol. The number of hydrogen-bond acceptors (Lipinski definition) is 7. The highest BCUT2D eigenvalue weighted by Gasteiger charge is 2.48. The molecule has 1 aliphatic heterocycles. The number of fused-ring (bicyclic) bond motifs is 2. The maximum atomic E-state index is 9.50. The minimum atomic E-state index is 0.329. The smallest absolute Gasteiger partial charge is 0.203 e. The SMILES string of the molecule is COc1cc(N2CCN(C3/C(=N\O)C4CCC3C4)CC2)cc(OC)c1OC. The van der Waals surface area contributed by atoms with Gasteiger partial charge in [0, 0.05) is 49.9 Å². The molecule has 1 heterocycles. The molecule has 2 bridgehead atoms. The number of methoxy groups -OCH3 is 3. The van der Waals surface area contributed by atoms with E-state index in [1.165, 1.54) is 19.3 Å². The van der Waals surface area contributed by atoms with Crippen molar-refractivity contribution in [2.75, 3.05) is 52.4 Å². The summed E-state index contributed by atoms with van der Waals surface area (Å²) in [4.78, 5) is 4.86. The van der Waals surface area contributed by atoms with E-state index >= 15 is 0 Å². The molecule has 148 valence electrons. The maximum Gasteiger partial charge on any atom is 0.203 e. The molecule has 7 heteroatoms. The fraction of sp³-hybridized carbons (Fsp3) is 0.650. The first-order chi connectivity index (χ1) is 13.2. The zero-order valence-corrected chi connectivity index (χ0v) is 16.4. The van der Waals surface area contributed by atoms with Gasteiger partial charge in [-0.15, -0.1) is 0 Å². The number of oxime groups is 1. The van der Waals surface area contributed by atoms with Crippen LogP contribution < -0.4 is 19.1 Å². The summed E-state index contributed by atoms with van der Waals surface area (Å²) in [6.07, 6.45) is 3.64. The Morgan fingerprint density at radius 3 is 2.19 bits per heavy atom. The Kier molecular flexibility index (Phi) is 5.04. The van der Waals surface area contributed by atoms with Gasteiger partial charge in [-0.2, -0.15) is 0 Å². The van der Waals surface area contributed by atoms with E-state index in [1.807, 2.05) is 12.1 Å². The Bertz CT molecular complexity index is 690. The van der Waals surface area contributed by atoms with Gasteiger partial charge in [-0.05, 0) is 25.2 Å². The van der Waals surface area contributed by atoms with Gasteiger partial charge in [0.05, 0.1) is 33.1 Å². The van der Waals surface area contributed by atoms with E-state index in [0.717, 1.165) is 37.6 Å². The summed E-state index contributed by atoms with van der Waals surface area (Å²) in [6.45, 7) is 3.77. The standard InChI is InChI=1S/C20H29N3O4/c1-25-16-11-15(12-17(26-2)20(16)27-3)22-6-8-23(9-7-22)19-14-5-4-13(10-14)18(19)21-24/h11-14,19,24H,4-10H2,1-3H3/b21-18-. The lowest BCUT2D eigenvalue weighted by Crippen LogP contribution is -2.54. The van der Waals surface area contributed by atoms with E-state index in [1.54, 1.807) is 21.3 Å². The second-order valence-corrected chi connectivity index (χ2v) is 7.65. The van der Waals surface area contributed by atoms with Crippen LogP contribution in [0.1, 0.15) is 19.3 Å². The van der Waals surface area contributed by atoms with Crippen molar-refractivity contribution in [1.29, 1.82) is 0 Å². The third-order valence-corrected chi connectivity index (χ3v) is 6.48. The summed E-state index contributed by atoms with van der Waals surface area (Å²) in [5.41, 5.74) is 2.10. The molecular formula is C20H29N3O4. The van der Waals surface area contributed by atoms with Crippen LogP contribution in [-0.2, 0) is 0 Å². The summed E-state index contributed by atoms with van der Waals surface area (Å²) >= 11 is 0. The van der Waals surface area contributed by atoms with E-state index in [-0.39, 0.29) is 0 Å².